The fourth-order valence-electron chi connectivity index (χ4n) is 8.07. The summed E-state index contributed by atoms with van der Waals surface area (Å²) in [5, 5.41) is 0. The van der Waals surface area contributed by atoms with Gasteiger partial charge in [-0.15, -0.1) is 13.2 Å². The zero-order chi connectivity index (χ0) is 99.1. The van der Waals surface area contributed by atoms with Crippen molar-refractivity contribution >= 4 is 66.0 Å². The van der Waals surface area contributed by atoms with E-state index in [1.54, 1.807) is 57.8 Å². The van der Waals surface area contributed by atoms with Gasteiger partial charge < -0.3 is 61.6 Å². The summed E-state index contributed by atoms with van der Waals surface area (Å²) in [4.78, 5) is 89.6. The lowest BCUT2D eigenvalue weighted by Crippen LogP contribution is -2.26. The van der Waals surface area contributed by atoms with Gasteiger partial charge in [0.1, 0.15) is 51.1 Å². The lowest BCUT2D eigenvalue weighted by atomic mass is 9.91. The Hall–Kier alpha value is -9.80. The molecule has 0 bridgehead atoms. The second kappa shape index (κ2) is 89.2. The Labute approximate surface area is 775 Å². The number of benzene rings is 5. The van der Waals surface area contributed by atoms with Crippen LogP contribution >= 0.6 is 0 Å². The van der Waals surface area contributed by atoms with E-state index in [1.807, 2.05) is 275 Å². The smallest absolute Gasteiger partial charge is 0.314 e. The van der Waals surface area contributed by atoms with Gasteiger partial charge in [-0.05, 0) is 202 Å². The molecule has 0 aliphatic heterocycles. The van der Waals surface area contributed by atoms with Gasteiger partial charge in [0.25, 0.3) is 0 Å². The number of allylic oxidation sites excluding steroid dienone is 2. The summed E-state index contributed by atoms with van der Waals surface area (Å²) in [6.07, 6.45) is 16.6. The van der Waals surface area contributed by atoms with E-state index in [0.717, 1.165) is 86.0 Å². The highest BCUT2D eigenvalue weighted by atomic mass is 16.6. The van der Waals surface area contributed by atoms with Gasteiger partial charge in [-0.25, -0.2) is 0 Å². The number of carbonyl (C=O) groups is 8. The Balaban J connectivity index is -0.000000254. The summed E-state index contributed by atoms with van der Waals surface area (Å²) in [5.41, 5.74) is 5.88. The third-order valence-corrected chi connectivity index (χ3v) is 19.0. The normalized spacial score (nSPS) is 11.5. The van der Waals surface area contributed by atoms with Gasteiger partial charge in [0.2, 0.25) is 0 Å². The maximum absolute atomic E-state index is 11.6. The quantitative estimate of drug-likeness (QED) is 0.0116. The SMILES string of the molecule is C=CC.C=CC.C=Cc1cc(C=C)cc(COC(=O)C(C)CC)c1.C=Cc1ccccc1.CCC(C)(C)C(=O)OCCOC.CCC(C)C(=O)OCCOC.CCC(C)C(=O)OCCOC.CCC(C)C(=O)OCc1ccccc1.CCC(C)C(=O)Oc1ccccc1.CCOC(=O)C(C)(C)CC.CCOCCOC(=O)C(C)CC.CCOc1ccc(C(C)CC)cc1. The molecule has 0 N–H and O–H groups in total. The first kappa shape index (κ1) is 131. The number of esters is 8. The van der Waals surface area contributed by atoms with Crippen LogP contribution in [0, 0.1) is 46.3 Å². The van der Waals surface area contributed by atoms with Gasteiger partial charge >= 0.3 is 47.8 Å². The molecule has 0 heterocycles. The molecule has 0 amide bonds. The minimum Gasteiger partial charge on any atom is -0.494 e. The lowest BCUT2D eigenvalue weighted by molar-refractivity contribution is -0.155. The second-order valence-corrected chi connectivity index (χ2v) is 30.5. The van der Waals surface area contributed by atoms with Crippen LogP contribution in [0.5, 0.6) is 11.5 Å². The van der Waals surface area contributed by atoms with Crippen molar-refractivity contribution in [1.29, 1.82) is 0 Å². The molecule has 7 atom stereocenters. The number of hydrogen-bond acceptors (Lipinski definition) is 21. The zero-order valence-electron chi connectivity index (χ0n) is 84.3. The molecule has 0 aliphatic rings. The molecule has 726 valence electrons. The fourth-order valence-corrected chi connectivity index (χ4v) is 8.07. The molecular formula is C107H172O21. The number of methoxy groups -OCH3 is 3. The molecule has 0 spiro atoms. The zero-order valence-corrected chi connectivity index (χ0v) is 84.3. The topological polar surface area (TPSA) is 257 Å². The molecule has 0 aromatic heterocycles. The van der Waals surface area contributed by atoms with Crippen LogP contribution in [0.4, 0.5) is 0 Å². The molecule has 0 radical (unpaired) electrons. The van der Waals surface area contributed by atoms with E-state index in [1.165, 1.54) is 17.5 Å². The summed E-state index contributed by atoms with van der Waals surface area (Å²) in [7, 11) is 4.74. The van der Waals surface area contributed by atoms with E-state index in [2.05, 4.69) is 58.9 Å². The first-order chi connectivity index (χ1) is 60.8. The summed E-state index contributed by atoms with van der Waals surface area (Å²) < 4.78 is 64.7. The van der Waals surface area contributed by atoms with Crippen molar-refractivity contribution < 1.29 is 99.9 Å². The van der Waals surface area contributed by atoms with Crippen molar-refractivity contribution in [3.63, 3.8) is 0 Å². The van der Waals surface area contributed by atoms with Crippen LogP contribution in [0.2, 0.25) is 0 Å². The number of rotatable bonds is 42. The van der Waals surface area contributed by atoms with E-state index in [4.69, 9.17) is 61.6 Å². The molecule has 5 aromatic rings. The molecule has 0 fully saturated rings. The van der Waals surface area contributed by atoms with Crippen molar-refractivity contribution in [2.75, 3.05) is 94.0 Å². The molecule has 21 nitrogen and oxygen atoms in total. The van der Waals surface area contributed by atoms with Gasteiger partial charge in [-0.1, -0.05) is 252 Å². The summed E-state index contributed by atoms with van der Waals surface area (Å²) in [5.74, 6) is 1.10. The van der Waals surface area contributed by atoms with Crippen LogP contribution in [0.15, 0.2) is 179 Å². The largest absolute Gasteiger partial charge is 0.494 e. The first-order valence-electron chi connectivity index (χ1n) is 45.3. The summed E-state index contributed by atoms with van der Waals surface area (Å²) in [6, 6.07) is 43.2. The van der Waals surface area contributed by atoms with Crippen molar-refractivity contribution in [2.24, 2.45) is 46.3 Å². The average molecular weight is 1790 g/mol. The van der Waals surface area contributed by atoms with Crippen LogP contribution in [0.3, 0.4) is 0 Å². The highest BCUT2D eigenvalue weighted by Gasteiger charge is 2.28. The Kier molecular flexibility index (Phi) is 91.5. The van der Waals surface area contributed by atoms with Gasteiger partial charge in [-0.2, -0.15) is 0 Å². The summed E-state index contributed by atoms with van der Waals surface area (Å²) >= 11 is 0. The maximum Gasteiger partial charge on any atom is 0.314 e. The average Bonchev–Trinajstić information content (AvgIpc) is 0.878. The molecule has 5 aromatic carbocycles. The molecule has 5 rings (SSSR count). The third kappa shape index (κ3) is 75.2. The van der Waals surface area contributed by atoms with Crippen LogP contribution in [0.25, 0.3) is 18.2 Å². The molecule has 0 saturated carbocycles. The number of para-hydroxylation sites is 1. The van der Waals surface area contributed by atoms with Crippen molar-refractivity contribution in [3.05, 3.63) is 212 Å². The second-order valence-electron chi connectivity index (χ2n) is 30.5. The number of carbonyl (C=O) groups excluding carboxylic acids is 8. The highest BCUT2D eigenvalue weighted by molar-refractivity contribution is 5.77. The van der Waals surface area contributed by atoms with Gasteiger partial charge in [0.15, 0.2) is 0 Å². The number of ether oxygens (including phenoxy) is 13. The van der Waals surface area contributed by atoms with Crippen molar-refractivity contribution in [3.8, 4) is 11.5 Å². The van der Waals surface area contributed by atoms with Crippen molar-refractivity contribution in [1.82, 2.24) is 0 Å². The van der Waals surface area contributed by atoms with Crippen LogP contribution < -0.4 is 9.47 Å². The maximum atomic E-state index is 11.6. The molecular weight excluding hydrogens is 1620 g/mol. The Morgan fingerprint density at radius 2 is 0.648 bits per heavy atom. The monoisotopic (exact) mass is 1790 g/mol. The van der Waals surface area contributed by atoms with Gasteiger partial charge in [-0.3, -0.25) is 38.4 Å². The van der Waals surface area contributed by atoms with Gasteiger partial charge in [0.05, 0.1) is 86.0 Å². The predicted molar refractivity (Wildman–Crippen MR) is 527 cm³/mol. The predicted octanol–water partition coefficient (Wildman–Crippen LogP) is 25.4. The van der Waals surface area contributed by atoms with E-state index >= 15 is 0 Å². The van der Waals surface area contributed by atoms with E-state index in [0.29, 0.717) is 91.0 Å². The Morgan fingerprint density at radius 3 is 0.961 bits per heavy atom. The molecule has 21 heteroatoms. The molecule has 7 unspecified atom stereocenters. The lowest BCUT2D eigenvalue weighted by Gasteiger charge is -2.19. The number of hydrogen-bond donors (Lipinski definition) is 0. The molecule has 0 saturated heterocycles. The Morgan fingerprint density at radius 1 is 0.328 bits per heavy atom. The van der Waals surface area contributed by atoms with E-state index in [-0.39, 0.29) is 94.1 Å². The highest BCUT2D eigenvalue weighted by Crippen LogP contribution is 2.24. The molecule has 0 aliphatic carbocycles. The van der Waals surface area contributed by atoms with Crippen LogP contribution in [-0.2, 0) is 104 Å². The van der Waals surface area contributed by atoms with E-state index in [9.17, 15) is 38.4 Å². The minimum absolute atomic E-state index is 0.00119. The Bertz CT molecular complexity index is 3510. The standard InChI is InChI=1S/C16H20O2.C12H16O2.C12H18O.C11H14O2.2C9H18O3.2C8H16O3.C8H16O2.C8H8.2C3H6/c1-5-12(4)16(17)18-11-15-9-13(6-2)8-14(7-3)10-15;1-3-10(2)12(13)14-9-11-7-5-4-6-8-11;1-4-10(3)11-6-8-12(9-7-11)13-5-2;1-3-9(2)11(12)13-10-7-5-4-6-8-10;1-5-9(2,3)8(10)12-7-6-11-4;1-4-8(3)9(10)12-7-6-11-5-2;2*1-4-7(2)8(9)11-6-5-10-3;1-5-8(3,4)7(9)10-6-2;1-2-8-6-4-3-5-7-8;2*1-3-2/h6-10,12H,2-3,5,11H2,1,4H3;4-8,10H,3,9H2,1-2H3;6-10H,4-5H2,1-3H3;4-9H,3H2,1-2H3;5-7H2,1-4H3;8H,4-7H2,1-3H3;2*7H,4-6H2,1-3H3;5-6H2,1-4H3;2-7H,1H2;2*3H,1H2,2H3. The minimum atomic E-state index is -0.367. The van der Waals surface area contributed by atoms with Gasteiger partial charge in [0, 0.05) is 27.9 Å². The fraction of sp³-hybridized carbons (Fsp3) is 0.551. The molecule has 128 heavy (non-hydrogen) atoms. The summed E-state index contributed by atoms with van der Waals surface area (Å²) in [6.45, 7) is 72.2. The van der Waals surface area contributed by atoms with Crippen LogP contribution in [0.1, 0.15) is 270 Å². The van der Waals surface area contributed by atoms with Crippen molar-refractivity contribution in [2.45, 2.75) is 250 Å². The third-order valence-electron chi connectivity index (χ3n) is 19.0. The first-order valence-corrected chi connectivity index (χ1v) is 45.3. The van der Waals surface area contributed by atoms with Crippen LogP contribution in [-0.4, -0.2) is 142 Å². The van der Waals surface area contributed by atoms with E-state index < -0.39 is 0 Å².